The number of aliphatic hydroxyl groups is 1. The summed E-state index contributed by atoms with van der Waals surface area (Å²) in [4.78, 5) is 7.76. The predicted octanol–water partition coefficient (Wildman–Crippen LogP) is 3.99. The predicted molar refractivity (Wildman–Crippen MR) is 83.6 cm³/mol. The minimum absolute atomic E-state index is 0.465. The van der Waals surface area contributed by atoms with Crippen molar-refractivity contribution >= 4 is 33.0 Å². The van der Waals surface area contributed by atoms with E-state index in [-0.39, 0.29) is 0 Å². The highest BCUT2D eigenvalue weighted by Gasteiger charge is 2.08. The van der Waals surface area contributed by atoms with Gasteiger partial charge in [0.15, 0.2) is 0 Å². The highest BCUT2D eigenvalue weighted by Crippen LogP contribution is 2.23. The molecule has 0 aliphatic heterocycles. The van der Waals surface area contributed by atoms with E-state index in [2.05, 4.69) is 37.3 Å². The maximum absolute atomic E-state index is 9.72. The van der Waals surface area contributed by atoms with Crippen LogP contribution in [0.25, 0.3) is 0 Å². The summed E-state index contributed by atoms with van der Waals surface area (Å²) in [6.45, 7) is 2.80. The average Bonchev–Trinajstić information content (AvgIpc) is 2.83. The van der Waals surface area contributed by atoms with Crippen LogP contribution < -0.4 is 4.90 Å². The van der Waals surface area contributed by atoms with E-state index in [1.807, 2.05) is 32.3 Å². The highest BCUT2D eigenvalue weighted by molar-refractivity contribution is 9.10. The summed E-state index contributed by atoms with van der Waals surface area (Å²) in [5, 5.41) is 11.8. The molecule has 0 radical (unpaired) electrons. The molecule has 19 heavy (non-hydrogen) atoms. The van der Waals surface area contributed by atoms with Gasteiger partial charge in [0.2, 0.25) is 0 Å². The van der Waals surface area contributed by atoms with Crippen LogP contribution in [-0.4, -0.2) is 17.1 Å². The third-order valence-corrected chi connectivity index (χ3v) is 4.64. The highest BCUT2D eigenvalue weighted by atomic mass is 79.9. The fourth-order valence-corrected chi connectivity index (χ4v) is 3.29. The molecule has 0 fully saturated rings. The SMILES string of the molecule is CCC(O)c1ccc(N(C)Cc2cc(Br)cs2)cn1. The number of aliphatic hydroxyl groups excluding tert-OH is 1. The molecule has 0 aliphatic rings. The van der Waals surface area contributed by atoms with E-state index in [1.165, 1.54) is 4.88 Å². The van der Waals surface area contributed by atoms with Crippen LogP contribution in [0.3, 0.4) is 0 Å². The minimum atomic E-state index is -0.465. The molecule has 0 amide bonds. The van der Waals surface area contributed by atoms with E-state index in [4.69, 9.17) is 0 Å². The van der Waals surface area contributed by atoms with Crippen LogP contribution in [0, 0.1) is 0 Å². The number of thiophene rings is 1. The number of hydrogen-bond donors (Lipinski definition) is 1. The van der Waals surface area contributed by atoms with Gasteiger partial charge in [-0.3, -0.25) is 4.98 Å². The lowest BCUT2D eigenvalue weighted by Gasteiger charge is -2.18. The molecule has 2 heterocycles. The molecule has 102 valence electrons. The van der Waals surface area contributed by atoms with Gasteiger partial charge in [0.1, 0.15) is 0 Å². The van der Waals surface area contributed by atoms with Gasteiger partial charge in [-0.1, -0.05) is 6.92 Å². The quantitative estimate of drug-likeness (QED) is 0.893. The van der Waals surface area contributed by atoms with Crippen LogP contribution >= 0.6 is 27.3 Å². The monoisotopic (exact) mass is 340 g/mol. The smallest absolute Gasteiger partial charge is 0.0957 e. The van der Waals surface area contributed by atoms with Gasteiger partial charge in [-0.15, -0.1) is 11.3 Å². The zero-order chi connectivity index (χ0) is 13.8. The van der Waals surface area contributed by atoms with Crippen LogP contribution in [0.1, 0.15) is 30.0 Å². The molecular formula is C14H17BrN2OS. The lowest BCUT2D eigenvalue weighted by atomic mass is 10.2. The Hall–Kier alpha value is -0.910. The number of rotatable bonds is 5. The standard InChI is InChI=1S/C14H17BrN2OS/c1-3-14(18)13-5-4-11(7-16-13)17(2)8-12-6-10(15)9-19-12/h4-7,9,14,18H,3,8H2,1-2H3. The van der Waals surface area contributed by atoms with E-state index in [1.54, 1.807) is 11.3 Å². The van der Waals surface area contributed by atoms with Crippen molar-refractivity contribution in [3.63, 3.8) is 0 Å². The summed E-state index contributed by atoms with van der Waals surface area (Å²) < 4.78 is 1.13. The molecule has 0 bridgehead atoms. The Kier molecular flexibility index (Phi) is 4.96. The molecule has 1 atom stereocenters. The Morgan fingerprint density at radius 3 is 2.79 bits per heavy atom. The van der Waals surface area contributed by atoms with Crippen molar-refractivity contribution < 1.29 is 5.11 Å². The van der Waals surface area contributed by atoms with E-state index in [9.17, 15) is 5.11 Å². The first-order chi connectivity index (χ1) is 9.10. The van der Waals surface area contributed by atoms with Crippen LogP contribution in [0.5, 0.6) is 0 Å². The fourth-order valence-electron chi connectivity index (χ4n) is 1.79. The number of aromatic nitrogens is 1. The number of nitrogens with zero attached hydrogens (tertiary/aromatic N) is 2. The van der Waals surface area contributed by atoms with Gasteiger partial charge in [0, 0.05) is 21.8 Å². The van der Waals surface area contributed by atoms with E-state index in [0.29, 0.717) is 6.42 Å². The molecule has 0 spiro atoms. The van der Waals surface area contributed by atoms with Crippen molar-refractivity contribution in [2.24, 2.45) is 0 Å². The maximum atomic E-state index is 9.72. The molecule has 2 aromatic rings. The molecule has 5 heteroatoms. The van der Waals surface area contributed by atoms with Crippen LogP contribution in [0.4, 0.5) is 5.69 Å². The van der Waals surface area contributed by atoms with Gasteiger partial charge in [0.25, 0.3) is 0 Å². The second-order valence-electron chi connectivity index (χ2n) is 4.45. The summed E-state index contributed by atoms with van der Waals surface area (Å²) in [7, 11) is 2.04. The number of anilines is 1. The third kappa shape index (κ3) is 3.78. The normalized spacial score (nSPS) is 12.4. The summed E-state index contributed by atoms with van der Waals surface area (Å²) in [6, 6.07) is 6.03. The molecule has 0 aromatic carbocycles. The zero-order valence-electron chi connectivity index (χ0n) is 11.0. The van der Waals surface area contributed by atoms with Gasteiger partial charge in [0.05, 0.1) is 30.2 Å². The number of hydrogen-bond acceptors (Lipinski definition) is 4. The molecule has 2 rings (SSSR count). The Labute approximate surface area is 126 Å². The average molecular weight is 341 g/mol. The van der Waals surface area contributed by atoms with Gasteiger partial charge < -0.3 is 10.0 Å². The Morgan fingerprint density at radius 2 is 2.26 bits per heavy atom. The number of halogens is 1. The van der Waals surface area contributed by atoms with Gasteiger partial charge in [-0.25, -0.2) is 0 Å². The summed E-state index contributed by atoms with van der Waals surface area (Å²) in [5.41, 5.74) is 1.79. The first-order valence-electron chi connectivity index (χ1n) is 6.18. The lowest BCUT2D eigenvalue weighted by molar-refractivity contribution is 0.169. The molecule has 0 saturated heterocycles. The largest absolute Gasteiger partial charge is 0.387 e. The van der Waals surface area contributed by atoms with Crippen LogP contribution in [0.15, 0.2) is 34.2 Å². The van der Waals surface area contributed by atoms with Gasteiger partial charge >= 0.3 is 0 Å². The maximum Gasteiger partial charge on any atom is 0.0957 e. The first-order valence-corrected chi connectivity index (χ1v) is 7.85. The van der Waals surface area contributed by atoms with E-state index >= 15 is 0 Å². The molecule has 0 aliphatic carbocycles. The molecule has 1 unspecified atom stereocenters. The van der Waals surface area contributed by atoms with Crippen molar-refractivity contribution in [2.75, 3.05) is 11.9 Å². The third-order valence-electron chi connectivity index (χ3n) is 2.95. The van der Waals surface area contributed by atoms with Crippen molar-refractivity contribution in [1.82, 2.24) is 4.98 Å². The first kappa shape index (κ1) is 14.5. The van der Waals surface area contributed by atoms with Gasteiger partial charge in [-0.05, 0) is 40.5 Å². The summed E-state index contributed by atoms with van der Waals surface area (Å²) >= 11 is 5.20. The Balaban J connectivity index is 2.05. The van der Waals surface area contributed by atoms with Crippen LogP contribution in [-0.2, 0) is 6.54 Å². The molecule has 1 N–H and O–H groups in total. The summed E-state index contributed by atoms with van der Waals surface area (Å²) in [6.07, 6.45) is 2.04. The van der Waals surface area contributed by atoms with Crippen molar-refractivity contribution in [3.05, 3.63) is 44.8 Å². The van der Waals surface area contributed by atoms with Crippen molar-refractivity contribution in [1.29, 1.82) is 0 Å². The zero-order valence-corrected chi connectivity index (χ0v) is 13.4. The lowest BCUT2D eigenvalue weighted by Crippen LogP contribution is -2.16. The molecule has 3 nitrogen and oxygen atoms in total. The van der Waals surface area contributed by atoms with E-state index < -0.39 is 6.10 Å². The molecular weight excluding hydrogens is 324 g/mol. The van der Waals surface area contributed by atoms with E-state index in [0.717, 1.165) is 22.4 Å². The fraction of sp³-hybridized carbons (Fsp3) is 0.357. The number of pyridine rings is 1. The molecule has 2 aromatic heterocycles. The second kappa shape index (κ2) is 6.50. The summed E-state index contributed by atoms with van der Waals surface area (Å²) in [5.74, 6) is 0. The van der Waals surface area contributed by atoms with Crippen LogP contribution in [0.2, 0.25) is 0 Å². The second-order valence-corrected chi connectivity index (χ2v) is 6.36. The van der Waals surface area contributed by atoms with Gasteiger partial charge in [-0.2, -0.15) is 0 Å². The molecule has 0 saturated carbocycles. The topological polar surface area (TPSA) is 36.4 Å². The minimum Gasteiger partial charge on any atom is -0.387 e. The Morgan fingerprint density at radius 1 is 1.47 bits per heavy atom. The van der Waals surface area contributed by atoms with Crippen molar-refractivity contribution in [2.45, 2.75) is 26.0 Å². The van der Waals surface area contributed by atoms with Crippen molar-refractivity contribution in [3.8, 4) is 0 Å². The Bertz CT molecular complexity index is 526.